The van der Waals surface area contributed by atoms with Crippen molar-refractivity contribution in [3.05, 3.63) is 70.9 Å². The van der Waals surface area contributed by atoms with E-state index in [0.29, 0.717) is 10.7 Å². The molecule has 3 aromatic rings. The predicted molar refractivity (Wildman–Crippen MR) is 120 cm³/mol. The van der Waals surface area contributed by atoms with Crippen LogP contribution in [0.3, 0.4) is 0 Å². The largest absolute Gasteiger partial charge is 0.381 e. The number of hydrogen-bond acceptors (Lipinski definition) is 4. The summed E-state index contributed by atoms with van der Waals surface area (Å²) in [4.78, 5) is 33.6. The smallest absolute Gasteiger partial charge is 0.274 e. The summed E-state index contributed by atoms with van der Waals surface area (Å²) in [6.45, 7) is 5.31. The van der Waals surface area contributed by atoms with Crippen molar-refractivity contribution >= 4 is 34.3 Å². The van der Waals surface area contributed by atoms with E-state index in [2.05, 4.69) is 15.8 Å². The number of fused-ring (bicyclic) bond motifs is 1. The lowest BCUT2D eigenvalue weighted by Gasteiger charge is -2.25. The van der Waals surface area contributed by atoms with Crippen molar-refractivity contribution in [3.63, 3.8) is 0 Å². The highest BCUT2D eigenvalue weighted by molar-refractivity contribution is 6.31. The Bertz CT molecular complexity index is 1060. The number of carbonyl (C=O) groups is 2. The molecule has 164 valence electrons. The molecule has 8 heteroatoms. The molecule has 1 aromatic heterocycles. The number of aromatic amines is 1. The fourth-order valence-electron chi connectivity index (χ4n) is 3.03. The lowest BCUT2D eigenvalue weighted by Crippen LogP contribution is -2.52. The number of benzene rings is 2. The molecule has 0 unspecified atom stereocenters. The van der Waals surface area contributed by atoms with Crippen LogP contribution < -0.4 is 10.8 Å². The summed E-state index contributed by atoms with van der Waals surface area (Å²) in [5, 5.41) is 14.8. The van der Waals surface area contributed by atoms with Crippen molar-refractivity contribution in [1.29, 1.82) is 0 Å². The molecule has 0 aliphatic heterocycles. The van der Waals surface area contributed by atoms with Crippen molar-refractivity contribution in [3.8, 4) is 0 Å². The molecule has 0 radical (unpaired) electrons. The summed E-state index contributed by atoms with van der Waals surface area (Å²) in [5.74, 6) is -1.18. The number of nitrogens with one attached hydrogen (secondary N) is 3. The Balaban J connectivity index is 1.79. The zero-order chi connectivity index (χ0) is 22.6. The van der Waals surface area contributed by atoms with Gasteiger partial charge >= 0.3 is 0 Å². The van der Waals surface area contributed by atoms with E-state index in [1.165, 1.54) is 0 Å². The number of H-pyrrole nitrogens is 1. The molecule has 0 saturated heterocycles. The molecule has 0 aliphatic carbocycles. The van der Waals surface area contributed by atoms with Crippen molar-refractivity contribution in [1.82, 2.24) is 15.8 Å². The number of hydrogen-bond donors (Lipinski definition) is 4. The van der Waals surface area contributed by atoms with Crippen LogP contribution in [0.4, 0.5) is 0 Å². The van der Waals surface area contributed by atoms with Gasteiger partial charge in [0.2, 0.25) is 0 Å². The highest BCUT2D eigenvalue weighted by atomic mass is 35.5. The number of hydroxylamine groups is 1. The SMILES string of the molecule is CC(C)(C)ONC(=O)[C@H](O)[C@H](Cc1ccccc1)NC(=O)c1cc2cc(Cl)ccc2[nH]1. The van der Waals surface area contributed by atoms with Gasteiger partial charge in [-0.3, -0.25) is 14.4 Å². The van der Waals surface area contributed by atoms with E-state index < -0.39 is 29.6 Å². The number of halogens is 1. The highest BCUT2D eigenvalue weighted by Crippen LogP contribution is 2.20. The minimum atomic E-state index is -1.52. The second-order valence-electron chi connectivity index (χ2n) is 8.31. The minimum absolute atomic E-state index is 0.253. The maximum absolute atomic E-state index is 12.9. The zero-order valence-corrected chi connectivity index (χ0v) is 18.4. The van der Waals surface area contributed by atoms with Crippen LogP contribution in [-0.4, -0.2) is 39.7 Å². The van der Waals surface area contributed by atoms with Crippen LogP contribution in [-0.2, 0) is 16.1 Å². The van der Waals surface area contributed by atoms with Crippen molar-refractivity contribution in [2.45, 2.75) is 44.9 Å². The van der Waals surface area contributed by atoms with Crippen LogP contribution in [0.2, 0.25) is 5.02 Å². The Morgan fingerprint density at radius 1 is 1.13 bits per heavy atom. The van der Waals surface area contributed by atoms with Crippen molar-refractivity contribution < 1.29 is 19.5 Å². The third-order valence-corrected chi connectivity index (χ3v) is 4.79. The molecule has 0 spiro atoms. The average molecular weight is 444 g/mol. The van der Waals surface area contributed by atoms with Gasteiger partial charge in [0, 0.05) is 15.9 Å². The van der Waals surface area contributed by atoms with Gasteiger partial charge < -0.3 is 15.4 Å². The van der Waals surface area contributed by atoms with Gasteiger partial charge in [-0.15, -0.1) is 0 Å². The number of rotatable bonds is 7. The van der Waals surface area contributed by atoms with Crippen LogP contribution in [0.25, 0.3) is 10.9 Å². The number of aromatic nitrogens is 1. The van der Waals surface area contributed by atoms with Gasteiger partial charge in [0.05, 0.1) is 11.6 Å². The average Bonchev–Trinajstić information content (AvgIpc) is 3.14. The van der Waals surface area contributed by atoms with Gasteiger partial charge in [-0.1, -0.05) is 41.9 Å². The van der Waals surface area contributed by atoms with Gasteiger partial charge in [0.1, 0.15) is 5.69 Å². The fourth-order valence-corrected chi connectivity index (χ4v) is 3.21. The summed E-state index contributed by atoms with van der Waals surface area (Å²) in [6, 6.07) is 15.3. The molecule has 7 nitrogen and oxygen atoms in total. The van der Waals surface area contributed by atoms with Crippen LogP contribution in [0.1, 0.15) is 36.8 Å². The number of aliphatic hydroxyl groups excluding tert-OH is 1. The molecule has 0 aliphatic rings. The Morgan fingerprint density at radius 2 is 1.84 bits per heavy atom. The fraction of sp³-hybridized carbons (Fsp3) is 0.304. The molecule has 4 N–H and O–H groups in total. The first-order valence-corrected chi connectivity index (χ1v) is 10.3. The Hall–Kier alpha value is -2.87. The molecule has 3 rings (SSSR count). The van der Waals surface area contributed by atoms with Crippen LogP contribution >= 0.6 is 11.6 Å². The Morgan fingerprint density at radius 3 is 2.52 bits per heavy atom. The summed E-state index contributed by atoms with van der Waals surface area (Å²) >= 11 is 6.02. The summed E-state index contributed by atoms with van der Waals surface area (Å²) in [7, 11) is 0. The highest BCUT2D eigenvalue weighted by Gasteiger charge is 2.30. The lowest BCUT2D eigenvalue weighted by atomic mass is 10.0. The maximum atomic E-state index is 12.9. The van der Waals surface area contributed by atoms with E-state index in [0.717, 1.165) is 16.5 Å². The molecule has 0 fully saturated rings. The molecule has 2 aromatic carbocycles. The van der Waals surface area contributed by atoms with E-state index in [1.54, 1.807) is 45.0 Å². The number of amides is 2. The predicted octanol–water partition coefficient (Wildman–Crippen LogP) is 3.37. The minimum Gasteiger partial charge on any atom is -0.381 e. The molecule has 0 bridgehead atoms. The normalized spacial score (nSPS) is 13.6. The topological polar surface area (TPSA) is 103 Å². The Labute approximate surface area is 185 Å². The Kier molecular flexibility index (Phi) is 7.00. The van der Waals surface area contributed by atoms with E-state index in [-0.39, 0.29) is 6.42 Å². The van der Waals surface area contributed by atoms with Gasteiger partial charge in [-0.2, -0.15) is 0 Å². The van der Waals surface area contributed by atoms with E-state index in [9.17, 15) is 14.7 Å². The van der Waals surface area contributed by atoms with Gasteiger partial charge in [0.15, 0.2) is 6.10 Å². The third kappa shape index (κ3) is 6.30. The molecule has 2 amide bonds. The third-order valence-electron chi connectivity index (χ3n) is 4.55. The van der Waals surface area contributed by atoms with E-state index in [1.807, 2.05) is 30.3 Å². The van der Waals surface area contributed by atoms with E-state index in [4.69, 9.17) is 16.4 Å². The maximum Gasteiger partial charge on any atom is 0.274 e. The van der Waals surface area contributed by atoms with Crippen molar-refractivity contribution in [2.24, 2.45) is 0 Å². The van der Waals surface area contributed by atoms with Gasteiger partial charge in [-0.05, 0) is 57.0 Å². The first kappa shape index (κ1) is 22.8. The van der Waals surface area contributed by atoms with Crippen LogP contribution in [0.15, 0.2) is 54.6 Å². The van der Waals surface area contributed by atoms with Crippen molar-refractivity contribution in [2.75, 3.05) is 0 Å². The number of carbonyl (C=O) groups excluding carboxylic acids is 2. The van der Waals surface area contributed by atoms with Crippen LogP contribution in [0, 0.1) is 0 Å². The standard InChI is InChI=1S/C23H26ClN3O4/c1-23(2,3)31-27-22(30)20(28)18(11-14-7-5-4-6-8-14)26-21(29)19-13-15-12-16(24)9-10-17(15)25-19/h4-10,12-13,18,20,25,28H,11H2,1-3H3,(H,26,29)(H,27,30)/t18-,20+/m0/s1. The second-order valence-corrected chi connectivity index (χ2v) is 8.75. The zero-order valence-electron chi connectivity index (χ0n) is 17.6. The molecule has 1 heterocycles. The van der Waals surface area contributed by atoms with Crippen LogP contribution in [0.5, 0.6) is 0 Å². The van der Waals surface area contributed by atoms with Gasteiger partial charge in [0.25, 0.3) is 11.8 Å². The first-order chi connectivity index (χ1) is 14.6. The second kappa shape index (κ2) is 9.51. The number of aliphatic hydroxyl groups is 1. The molecular formula is C23H26ClN3O4. The quantitative estimate of drug-likeness (QED) is 0.420. The first-order valence-electron chi connectivity index (χ1n) is 9.91. The van der Waals surface area contributed by atoms with E-state index >= 15 is 0 Å². The molecule has 0 saturated carbocycles. The summed E-state index contributed by atoms with van der Waals surface area (Å²) in [6.07, 6.45) is -1.27. The van der Waals surface area contributed by atoms with Gasteiger partial charge in [-0.25, -0.2) is 5.48 Å². The lowest BCUT2D eigenvalue weighted by molar-refractivity contribution is -0.155. The summed E-state index contributed by atoms with van der Waals surface area (Å²) in [5.41, 5.74) is 3.56. The molecular weight excluding hydrogens is 418 g/mol. The monoisotopic (exact) mass is 443 g/mol. The molecule has 2 atom stereocenters. The molecule has 31 heavy (non-hydrogen) atoms. The summed E-state index contributed by atoms with van der Waals surface area (Å²) < 4.78 is 0.